The minimum atomic E-state index is -0.329. The largest absolute Gasteiger partial charge is 0.469 e. The van der Waals surface area contributed by atoms with Crippen molar-refractivity contribution in [3.05, 3.63) is 0 Å². The molecule has 3 nitrogen and oxygen atoms in total. The highest BCUT2D eigenvalue weighted by molar-refractivity contribution is 5.77. The molecule has 0 saturated heterocycles. The van der Waals surface area contributed by atoms with Gasteiger partial charge < -0.3 is 9.47 Å². The Bertz CT molecular complexity index is 171. The van der Waals surface area contributed by atoms with Crippen molar-refractivity contribution in [1.29, 1.82) is 0 Å². The summed E-state index contributed by atoms with van der Waals surface area (Å²) in [6, 6.07) is 0. The van der Waals surface area contributed by atoms with E-state index in [2.05, 4.69) is 0 Å². The molecule has 1 aliphatic rings. The SMILES string of the molecule is CCOCC1(C(=O)OC)CCCC1. The molecule has 0 amide bonds. The Kier molecular flexibility index (Phi) is 3.72. The van der Waals surface area contributed by atoms with E-state index in [1.54, 1.807) is 0 Å². The topological polar surface area (TPSA) is 35.5 Å². The Balaban J connectivity index is 2.57. The molecule has 76 valence electrons. The monoisotopic (exact) mass is 186 g/mol. The van der Waals surface area contributed by atoms with Gasteiger partial charge in [0.15, 0.2) is 0 Å². The maximum atomic E-state index is 11.5. The van der Waals surface area contributed by atoms with Gasteiger partial charge in [0.05, 0.1) is 19.1 Å². The lowest BCUT2D eigenvalue weighted by Gasteiger charge is -2.24. The third kappa shape index (κ3) is 2.21. The number of ether oxygens (including phenoxy) is 2. The molecule has 0 radical (unpaired) electrons. The summed E-state index contributed by atoms with van der Waals surface area (Å²) >= 11 is 0. The van der Waals surface area contributed by atoms with Crippen molar-refractivity contribution in [3.8, 4) is 0 Å². The molecule has 1 aliphatic carbocycles. The van der Waals surface area contributed by atoms with Gasteiger partial charge >= 0.3 is 5.97 Å². The molecule has 0 aromatic rings. The van der Waals surface area contributed by atoms with Crippen molar-refractivity contribution in [2.75, 3.05) is 20.3 Å². The Labute approximate surface area is 79.4 Å². The van der Waals surface area contributed by atoms with Crippen molar-refractivity contribution in [2.24, 2.45) is 5.41 Å². The maximum absolute atomic E-state index is 11.5. The first-order valence-corrected chi connectivity index (χ1v) is 4.91. The van der Waals surface area contributed by atoms with Crippen LogP contribution in [-0.2, 0) is 14.3 Å². The van der Waals surface area contributed by atoms with Crippen molar-refractivity contribution in [2.45, 2.75) is 32.6 Å². The smallest absolute Gasteiger partial charge is 0.314 e. The summed E-state index contributed by atoms with van der Waals surface area (Å²) in [4.78, 5) is 11.5. The van der Waals surface area contributed by atoms with E-state index < -0.39 is 0 Å². The number of carbonyl (C=O) groups excluding carboxylic acids is 1. The van der Waals surface area contributed by atoms with Crippen LogP contribution in [0.4, 0.5) is 0 Å². The predicted molar refractivity (Wildman–Crippen MR) is 49.4 cm³/mol. The van der Waals surface area contributed by atoms with Gasteiger partial charge in [0.25, 0.3) is 0 Å². The molecule has 0 aromatic carbocycles. The van der Waals surface area contributed by atoms with Gasteiger partial charge in [-0.05, 0) is 19.8 Å². The summed E-state index contributed by atoms with van der Waals surface area (Å²) in [5, 5.41) is 0. The average molecular weight is 186 g/mol. The minimum absolute atomic E-state index is 0.0987. The number of hydrogen-bond donors (Lipinski definition) is 0. The van der Waals surface area contributed by atoms with Crippen molar-refractivity contribution >= 4 is 5.97 Å². The fourth-order valence-corrected chi connectivity index (χ4v) is 1.97. The molecule has 13 heavy (non-hydrogen) atoms. The Morgan fingerprint density at radius 1 is 1.38 bits per heavy atom. The fourth-order valence-electron chi connectivity index (χ4n) is 1.97. The highest BCUT2D eigenvalue weighted by Crippen LogP contribution is 2.39. The minimum Gasteiger partial charge on any atom is -0.469 e. The normalized spacial score (nSPS) is 20.2. The highest BCUT2D eigenvalue weighted by Gasteiger charge is 2.42. The number of rotatable bonds is 4. The summed E-state index contributed by atoms with van der Waals surface area (Å²) < 4.78 is 10.2. The quantitative estimate of drug-likeness (QED) is 0.627. The van der Waals surface area contributed by atoms with Crippen LogP contribution in [0, 0.1) is 5.41 Å². The number of carbonyl (C=O) groups is 1. The summed E-state index contributed by atoms with van der Waals surface area (Å²) in [5.41, 5.74) is -0.329. The summed E-state index contributed by atoms with van der Waals surface area (Å²) in [6.07, 6.45) is 4.06. The van der Waals surface area contributed by atoms with Gasteiger partial charge in [0.1, 0.15) is 0 Å². The molecule has 0 aromatic heterocycles. The van der Waals surface area contributed by atoms with Crippen LogP contribution < -0.4 is 0 Å². The molecule has 0 spiro atoms. The van der Waals surface area contributed by atoms with E-state index in [-0.39, 0.29) is 11.4 Å². The molecule has 1 saturated carbocycles. The molecule has 0 unspecified atom stereocenters. The van der Waals surface area contributed by atoms with Gasteiger partial charge in [0, 0.05) is 6.61 Å². The van der Waals surface area contributed by atoms with Gasteiger partial charge in [0.2, 0.25) is 0 Å². The van der Waals surface area contributed by atoms with E-state index in [0.29, 0.717) is 13.2 Å². The zero-order chi connectivity index (χ0) is 9.73. The van der Waals surface area contributed by atoms with Gasteiger partial charge in [-0.15, -0.1) is 0 Å². The van der Waals surface area contributed by atoms with Crippen LogP contribution in [0.15, 0.2) is 0 Å². The lowest BCUT2D eigenvalue weighted by molar-refractivity contribution is -0.156. The van der Waals surface area contributed by atoms with E-state index in [1.165, 1.54) is 7.11 Å². The van der Waals surface area contributed by atoms with Crippen LogP contribution in [0.25, 0.3) is 0 Å². The van der Waals surface area contributed by atoms with E-state index in [4.69, 9.17) is 9.47 Å². The number of hydrogen-bond acceptors (Lipinski definition) is 3. The summed E-state index contributed by atoms with van der Waals surface area (Å²) in [5.74, 6) is -0.0987. The lowest BCUT2D eigenvalue weighted by Crippen LogP contribution is -2.34. The zero-order valence-electron chi connectivity index (χ0n) is 8.47. The lowest BCUT2D eigenvalue weighted by atomic mass is 9.87. The number of esters is 1. The van der Waals surface area contributed by atoms with Crippen LogP contribution in [0.5, 0.6) is 0 Å². The van der Waals surface area contributed by atoms with E-state index in [9.17, 15) is 4.79 Å². The Morgan fingerprint density at radius 3 is 2.46 bits per heavy atom. The molecular formula is C10H18O3. The van der Waals surface area contributed by atoms with Gasteiger partial charge in [-0.2, -0.15) is 0 Å². The second-order valence-electron chi connectivity index (χ2n) is 3.62. The molecule has 0 atom stereocenters. The standard InChI is InChI=1S/C10H18O3/c1-3-13-8-10(9(11)12-2)6-4-5-7-10/h3-8H2,1-2H3. The maximum Gasteiger partial charge on any atom is 0.314 e. The first-order chi connectivity index (χ1) is 6.25. The average Bonchev–Trinajstić information content (AvgIpc) is 2.63. The first kappa shape index (κ1) is 10.5. The molecule has 0 heterocycles. The molecule has 1 rings (SSSR count). The summed E-state index contributed by atoms with van der Waals surface area (Å²) in [6.45, 7) is 3.13. The van der Waals surface area contributed by atoms with Crippen LogP contribution in [0.2, 0.25) is 0 Å². The van der Waals surface area contributed by atoms with Crippen LogP contribution in [-0.4, -0.2) is 26.3 Å². The van der Waals surface area contributed by atoms with Gasteiger partial charge in [-0.1, -0.05) is 12.8 Å². The Morgan fingerprint density at radius 2 is 2.00 bits per heavy atom. The Hall–Kier alpha value is -0.570. The van der Waals surface area contributed by atoms with E-state index in [0.717, 1.165) is 25.7 Å². The van der Waals surface area contributed by atoms with Gasteiger partial charge in [-0.25, -0.2) is 0 Å². The predicted octanol–water partition coefficient (Wildman–Crippen LogP) is 1.76. The van der Waals surface area contributed by atoms with Gasteiger partial charge in [-0.3, -0.25) is 4.79 Å². The van der Waals surface area contributed by atoms with Crippen molar-refractivity contribution < 1.29 is 14.3 Å². The zero-order valence-corrected chi connectivity index (χ0v) is 8.47. The second kappa shape index (κ2) is 4.61. The van der Waals surface area contributed by atoms with E-state index >= 15 is 0 Å². The molecule has 3 heteroatoms. The van der Waals surface area contributed by atoms with Crippen LogP contribution in [0.1, 0.15) is 32.6 Å². The summed E-state index contributed by atoms with van der Waals surface area (Å²) in [7, 11) is 1.45. The van der Waals surface area contributed by atoms with Crippen LogP contribution in [0.3, 0.4) is 0 Å². The molecule has 0 N–H and O–H groups in total. The van der Waals surface area contributed by atoms with Crippen molar-refractivity contribution in [3.63, 3.8) is 0 Å². The molecule has 0 aliphatic heterocycles. The van der Waals surface area contributed by atoms with Crippen molar-refractivity contribution in [1.82, 2.24) is 0 Å². The first-order valence-electron chi connectivity index (χ1n) is 4.91. The highest BCUT2D eigenvalue weighted by atomic mass is 16.5. The van der Waals surface area contributed by atoms with Crippen LogP contribution >= 0.6 is 0 Å². The molecular weight excluding hydrogens is 168 g/mol. The van der Waals surface area contributed by atoms with E-state index in [1.807, 2.05) is 6.92 Å². The molecule has 0 bridgehead atoms. The second-order valence-corrected chi connectivity index (χ2v) is 3.62. The fraction of sp³-hybridized carbons (Fsp3) is 0.900. The third-order valence-corrected chi connectivity index (χ3v) is 2.76. The third-order valence-electron chi connectivity index (χ3n) is 2.76. The number of methoxy groups -OCH3 is 1. The molecule has 1 fully saturated rings.